The fourth-order valence-corrected chi connectivity index (χ4v) is 0.781. The van der Waals surface area contributed by atoms with Gasteiger partial charge in [-0.2, -0.15) is 9.65 Å². The number of alkyl halides is 3. The lowest BCUT2D eigenvalue weighted by atomic mass is 10.3. The number of halogens is 4. The Bertz CT molecular complexity index is 423. The van der Waals surface area contributed by atoms with E-state index in [0.29, 0.717) is 6.07 Å². The molecule has 0 fully saturated rings. The quantitative estimate of drug-likeness (QED) is 0.730. The summed E-state index contributed by atoms with van der Waals surface area (Å²) in [6, 6.07) is 1.93. The van der Waals surface area contributed by atoms with Crippen molar-refractivity contribution in [2.24, 2.45) is 0 Å². The zero-order valence-electron chi connectivity index (χ0n) is 6.97. The molecular formula is C7H3F4N3O. The van der Waals surface area contributed by atoms with Crippen LogP contribution in [0.1, 0.15) is 5.69 Å². The third-order valence-electron chi connectivity index (χ3n) is 1.29. The van der Waals surface area contributed by atoms with Gasteiger partial charge in [-0.3, -0.25) is 0 Å². The topological polar surface area (TPSA) is 71.9 Å². The third-order valence-corrected chi connectivity index (χ3v) is 1.29. The van der Waals surface area contributed by atoms with Crippen LogP contribution in [-0.4, -0.2) is 11.3 Å². The second kappa shape index (κ2) is 3.61. The molecule has 4 nitrogen and oxygen atoms in total. The number of hydrogen-bond donors (Lipinski definition) is 1. The van der Waals surface area contributed by atoms with E-state index in [1.165, 1.54) is 6.07 Å². The molecule has 0 saturated heterocycles. The number of nitrogen functional groups attached to an aromatic ring is 1. The Labute approximate surface area is 80.9 Å². The van der Waals surface area contributed by atoms with Crippen molar-refractivity contribution in [3.05, 3.63) is 17.6 Å². The molecule has 0 unspecified atom stereocenters. The van der Waals surface area contributed by atoms with E-state index in [2.05, 4.69) is 9.72 Å². The number of ether oxygens (including phenoxy) is 1. The predicted octanol–water partition coefficient (Wildman–Crippen LogP) is 1.57. The zero-order chi connectivity index (χ0) is 11.6. The van der Waals surface area contributed by atoms with Crippen LogP contribution in [0.25, 0.3) is 0 Å². The van der Waals surface area contributed by atoms with Crippen LogP contribution in [0.2, 0.25) is 0 Å². The first-order chi connectivity index (χ1) is 6.83. The van der Waals surface area contributed by atoms with Crippen LogP contribution in [0.5, 0.6) is 5.75 Å². The van der Waals surface area contributed by atoms with Crippen molar-refractivity contribution < 1.29 is 22.3 Å². The van der Waals surface area contributed by atoms with Gasteiger partial charge in [-0.25, -0.2) is 4.98 Å². The zero-order valence-corrected chi connectivity index (χ0v) is 6.97. The lowest BCUT2D eigenvalue weighted by molar-refractivity contribution is -0.275. The molecule has 80 valence electrons. The van der Waals surface area contributed by atoms with Crippen LogP contribution in [0.15, 0.2) is 6.07 Å². The number of rotatable bonds is 1. The highest BCUT2D eigenvalue weighted by Gasteiger charge is 2.33. The van der Waals surface area contributed by atoms with Crippen molar-refractivity contribution in [2.45, 2.75) is 6.36 Å². The second-order valence-electron chi connectivity index (χ2n) is 2.36. The first-order valence-electron chi connectivity index (χ1n) is 3.45. The number of hydrogen-bond acceptors (Lipinski definition) is 4. The summed E-state index contributed by atoms with van der Waals surface area (Å²) in [7, 11) is 0. The molecule has 0 aliphatic carbocycles. The number of aromatic nitrogens is 1. The summed E-state index contributed by atoms with van der Waals surface area (Å²) in [6.07, 6.45) is -5.05. The molecule has 0 aliphatic heterocycles. The first kappa shape index (κ1) is 11.0. The molecule has 0 radical (unpaired) electrons. The van der Waals surface area contributed by atoms with Gasteiger partial charge in [0.25, 0.3) is 0 Å². The lowest BCUT2D eigenvalue weighted by Gasteiger charge is -2.10. The molecule has 0 amide bonds. The van der Waals surface area contributed by atoms with Crippen LogP contribution in [-0.2, 0) is 0 Å². The summed E-state index contributed by atoms with van der Waals surface area (Å²) >= 11 is 0. The highest BCUT2D eigenvalue weighted by molar-refractivity contribution is 5.44. The van der Waals surface area contributed by atoms with E-state index in [1.807, 2.05) is 0 Å². The van der Waals surface area contributed by atoms with Gasteiger partial charge in [0.15, 0.2) is 11.6 Å². The maximum absolute atomic E-state index is 12.9. The van der Waals surface area contributed by atoms with Gasteiger partial charge in [0.1, 0.15) is 11.8 Å². The normalized spacial score (nSPS) is 10.9. The van der Waals surface area contributed by atoms with Gasteiger partial charge in [0.05, 0.1) is 0 Å². The molecule has 1 rings (SSSR count). The first-order valence-corrected chi connectivity index (χ1v) is 3.45. The average Bonchev–Trinajstić information content (AvgIpc) is 2.10. The Kier molecular flexibility index (Phi) is 2.65. The van der Waals surface area contributed by atoms with Gasteiger partial charge in [-0.05, 0) is 0 Å². The van der Waals surface area contributed by atoms with Crippen LogP contribution in [0, 0.1) is 17.1 Å². The van der Waals surface area contributed by atoms with Gasteiger partial charge >= 0.3 is 6.36 Å². The molecule has 0 saturated carbocycles. The van der Waals surface area contributed by atoms with Crippen molar-refractivity contribution in [1.29, 1.82) is 5.26 Å². The summed E-state index contributed by atoms with van der Waals surface area (Å²) in [4.78, 5) is 3.18. The largest absolute Gasteiger partial charge is 0.573 e. The van der Waals surface area contributed by atoms with Gasteiger partial charge in [-0.15, -0.1) is 13.2 Å². The Morgan fingerprint density at radius 1 is 1.47 bits per heavy atom. The molecule has 1 heterocycles. The molecule has 0 aromatic carbocycles. The average molecular weight is 221 g/mol. The van der Waals surface area contributed by atoms with Gasteiger partial charge in [0, 0.05) is 6.07 Å². The number of anilines is 1. The summed E-state index contributed by atoms with van der Waals surface area (Å²) in [5, 5.41) is 8.35. The van der Waals surface area contributed by atoms with Crippen molar-refractivity contribution in [2.75, 3.05) is 5.73 Å². The molecule has 0 bridgehead atoms. The Balaban J connectivity index is 3.18. The molecule has 15 heavy (non-hydrogen) atoms. The van der Waals surface area contributed by atoms with E-state index >= 15 is 0 Å². The van der Waals surface area contributed by atoms with Crippen molar-refractivity contribution in [3.63, 3.8) is 0 Å². The Hall–Kier alpha value is -2.04. The number of pyridine rings is 1. The van der Waals surface area contributed by atoms with E-state index < -0.39 is 29.4 Å². The Morgan fingerprint density at radius 2 is 2.07 bits per heavy atom. The highest BCUT2D eigenvalue weighted by Crippen LogP contribution is 2.28. The minimum Gasteiger partial charge on any atom is -0.402 e. The van der Waals surface area contributed by atoms with Crippen molar-refractivity contribution in [3.8, 4) is 11.8 Å². The predicted molar refractivity (Wildman–Crippen MR) is 40.0 cm³/mol. The summed E-state index contributed by atoms with van der Waals surface area (Å²) in [5.74, 6) is -3.45. The van der Waals surface area contributed by atoms with Gasteiger partial charge < -0.3 is 10.5 Å². The maximum atomic E-state index is 12.9. The maximum Gasteiger partial charge on any atom is 0.573 e. The minimum atomic E-state index is -5.05. The molecule has 8 heteroatoms. The number of nitriles is 1. The molecule has 2 N–H and O–H groups in total. The molecule has 1 aromatic rings. The second-order valence-corrected chi connectivity index (χ2v) is 2.36. The highest BCUT2D eigenvalue weighted by atomic mass is 19.4. The van der Waals surface area contributed by atoms with Gasteiger partial charge in [-0.1, -0.05) is 0 Å². The molecule has 0 atom stereocenters. The van der Waals surface area contributed by atoms with E-state index in [-0.39, 0.29) is 0 Å². The lowest BCUT2D eigenvalue weighted by Crippen LogP contribution is -2.18. The Morgan fingerprint density at radius 3 is 2.53 bits per heavy atom. The molecule has 0 aliphatic rings. The van der Waals surface area contributed by atoms with Crippen LogP contribution < -0.4 is 10.5 Å². The van der Waals surface area contributed by atoms with Crippen LogP contribution >= 0.6 is 0 Å². The molecule has 1 aromatic heterocycles. The van der Waals surface area contributed by atoms with Crippen molar-refractivity contribution >= 4 is 5.82 Å². The summed E-state index contributed by atoms with van der Waals surface area (Å²) in [6.45, 7) is 0. The number of nitrogens with zero attached hydrogens (tertiary/aromatic N) is 2. The van der Waals surface area contributed by atoms with Gasteiger partial charge in [0.2, 0.25) is 5.82 Å². The molecular weight excluding hydrogens is 218 g/mol. The fourth-order valence-electron chi connectivity index (χ4n) is 0.781. The van der Waals surface area contributed by atoms with E-state index in [0.717, 1.165) is 0 Å². The van der Waals surface area contributed by atoms with Crippen LogP contribution in [0.3, 0.4) is 0 Å². The van der Waals surface area contributed by atoms with Crippen molar-refractivity contribution in [1.82, 2.24) is 4.98 Å². The third kappa shape index (κ3) is 2.70. The van der Waals surface area contributed by atoms with E-state index in [1.54, 1.807) is 0 Å². The summed E-state index contributed by atoms with van der Waals surface area (Å²) in [5.41, 5.74) is 4.47. The summed E-state index contributed by atoms with van der Waals surface area (Å²) < 4.78 is 51.5. The minimum absolute atomic E-state index is 0.465. The smallest absolute Gasteiger partial charge is 0.402 e. The SMILES string of the molecule is N#Cc1cc(OC(F)(F)F)c(F)c(N)n1. The number of nitrogens with two attached hydrogens (primary N) is 1. The van der Waals surface area contributed by atoms with E-state index in [9.17, 15) is 17.6 Å². The van der Waals surface area contributed by atoms with Crippen LogP contribution in [0.4, 0.5) is 23.4 Å². The fraction of sp³-hybridized carbons (Fsp3) is 0.143. The monoisotopic (exact) mass is 221 g/mol. The van der Waals surface area contributed by atoms with E-state index in [4.69, 9.17) is 11.0 Å². The standard InChI is InChI=1S/C7H3F4N3O/c8-5-4(15-7(9,10)11)1-3(2-12)14-6(5)13/h1H,(H2,13,14). The molecule has 0 spiro atoms.